The number of halogens is 3. The van der Waals surface area contributed by atoms with Crippen molar-refractivity contribution in [1.82, 2.24) is 15.1 Å². The number of piperidine rings is 1. The summed E-state index contributed by atoms with van der Waals surface area (Å²) in [7, 11) is 2.06. The van der Waals surface area contributed by atoms with Crippen LogP contribution >= 0.6 is 11.6 Å². The van der Waals surface area contributed by atoms with Gasteiger partial charge in [0.15, 0.2) is 0 Å². The normalized spacial score (nSPS) is 25.1. The van der Waals surface area contributed by atoms with Gasteiger partial charge in [0.05, 0.1) is 0 Å². The van der Waals surface area contributed by atoms with Gasteiger partial charge in [0.2, 0.25) is 11.8 Å². The van der Waals surface area contributed by atoms with E-state index in [1.165, 1.54) is 23.3 Å². The van der Waals surface area contributed by atoms with E-state index in [0.29, 0.717) is 37.5 Å². The molecule has 2 aromatic rings. The van der Waals surface area contributed by atoms with Gasteiger partial charge in [0, 0.05) is 60.6 Å². The molecule has 4 atom stereocenters. The summed E-state index contributed by atoms with van der Waals surface area (Å²) in [6.07, 6.45) is 3.80. The fourth-order valence-electron chi connectivity index (χ4n) is 8.29. The number of fused-ring (bicyclic) bond motifs is 2. The third-order valence-corrected chi connectivity index (χ3v) is 11.3. The molecule has 0 radical (unpaired) electrons. The number of carbonyl (C=O) groups is 2. The molecule has 1 heterocycles. The number of hydrogen-bond acceptors (Lipinski definition) is 3. The maximum Gasteiger partial charge on any atom is 0.226 e. The van der Waals surface area contributed by atoms with Crippen LogP contribution in [0.15, 0.2) is 30.3 Å². The van der Waals surface area contributed by atoms with Crippen molar-refractivity contribution in [2.45, 2.75) is 109 Å². The van der Waals surface area contributed by atoms with Crippen LogP contribution < -0.4 is 5.32 Å². The third kappa shape index (κ3) is 5.96. The maximum atomic E-state index is 15.1. The molecular weight excluding hydrogens is 568 g/mol. The number of nitrogens with one attached hydrogen (secondary N) is 1. The number of benzene rings is 2. The highest BCUT2D eigenvalue weighted by Crippen LogP contribution is 2.56. The number of amides is 2. The summed E-state index contributed by atoms with van der Waals surface area (Å²) in [5, 5.41) is 3.92. The molecule has 2 aromatic carbocycles. The lowest BCUT2D eigenvalue weighted by Gasteiger charge is -2.42. The minimum Gasteiger partial charge on any atom is -0.351 e. The zero-order valence-electron chi connectivity index (χ0n) is 26.6. The molecule has 0 bridgehead atoms. The SMILES string of the molecule is CC(=O)NC(C)(C)[C@H]1CC2(CCN(C(=O)[C@@H]3C[C@H](N(C)C(C)C)C[C@H]3c3ccc(F)cc3F)CC2)c2cc(Cl)c(C)cc21. The second-order valence-corrected chi connectivity index (χ2v) is 14.6. The van der Waals surface area contributed by atoms with Crippen LogP contribution in [0.2, 0.25) is 5.02 Å². The van der Waals surface area contributed by atoms with Crippen LogP contribution in [-0.2, 0) is 15.0 Å². The minimum atomic E-state index is -0.605. The smallest absolute Gasteiger partial charge is 0.226 e. The van der Waals surface area contributed by atoms with Crippen molar-refractivity contribution >= 4 is 23.4 Å². The van der Waals surface area contributed by atoms with Gasteiger partial charge in [0.25, 0.3) is 0 Å². The van der Waals surface area contributed by atoms with Crippen LogP contribution in [0.1, 0.15) is 101 Å². The molecule has 2 amide bonds. The lowest BCUT2D eigenvalue weighted by atomic mass is 9.71. The average Bonchev–Trinajstić information content (AvgIpc) is 3.49. The lowest BCUT2D eigenvalue weighted by Crippen LogP contribution is -2.49. The average molecular weight is 614 g/mol. The molecule has 0 unspecified atom stereocenters. The van der Waals surface area contributed by atoms with Crippen molar-refractivity contribution in [3.05, 3.63) is 69.2 Å². The number of nitrogens with zero attached hydrogens (tertiary/aromatic N) is 2. The summed E-state index contributed by atoms with van der Waals surface area (Å²) >= 11 is 6.67. The summed E-state index contributed by atoms with van der Waals surface area (Å²) in [6.45, 7) is 13.2. The van der Waals surface area contributed by atoms with E-state index in [2.05, 4.69) is 57.1 Å². The monoisotopic (exact) mass is 613 g/mol. The zero-order chi connectivity index (χ0) is 31.4. The van der Waals surface area contributed by atoms with Crippen LogP contribution in [0.4, 0.5) is 8.78 Å². The first-order chi connectivity index (χ1) is 20.1. The number of rotatable bonds is 6. The van der Waals surface area contributed by atoms with E-state index < -0.39 is 17.2 Å². The molecule has 1 saturated heterocycles. The Hall–Kier alpha value is -2.51. The molecule has 0 aromatic heterocycles. The topological polar surface area (TPSA) is 52.7 Å². The Morgan fingerprint density at radius 1 is 1.09 bits per heavy atom. The number of hydrogen-bond donors (Lipinski definition) is 1. The molecule has 2 aliphatic carbocycles. The number of carbonyl (C=O) groups excluding carboxylic acids is 2. The third-order valence-electron chi connectivity index (χ3n) is 10.9. The Morgan fingerprint density at radius 2 is 1.77 bits per heavy atom. The minimum absolute atomic E-state index is 0.0521. The summed E-state index contributed by atoms with van der Waals surface area (Å²) in [5.74, 6) is -1.70. The van der Waals surface area contributed by atoms with Crippen LogP contribution in [0, 0.1) is 24.5 Å². The van der Waals surface area contributed by atoms with Gasteiger partial charge in [-0.25, -0.2) is 8.78 Å². The molecule has 8 heteroatoms. The quantitative estimate of drug-likeness (QED) is 0.378. The van der Waals surface area contributed by atoms with Gasteiger partial charge in [-0.05, 0) is 119 Å². The van der Waals surface area contributed by atoms with Crippen molar-refractivity contribution in [3.8, 4) is 0 Å². The molecule has 2 fully saturated rings. The lowest BCUT2D eigenvalue weighted by molar-refractivity contribution is -0.137. The van der Waals surface area contributed by atoms with Crippen molar-refractivity contribution in [3.63, 3.8) is 0 Å². The molecule has 43 heavy (non-hydrogen) atoms. The predicted octanol–water partition coefficient (Wildman–Crippen LogP) is 7.09. The molecule has 1 aliphatic heterocycles. The second-order valence-electron chi connectivity index (χ2n) is 14.2. The summed E-state index contributed by atoms with van der Waals surface area (Å²) in [4.78, 5) is 30.6. The van der Waals surface area contributed by atoms with E-state index in [0.717, 1.165) is 35.9 Å². The summed E-state index contributed by atoms with van der Waals surface area (Å²) < 4.78 is 28.9. The van der Waals surface area contributed by atoms with E-state index in [4.69, 9.17) is 11.6 Å². The van der Waals surface area contributed by atoms with Crippen LogP contribution in [0.3, 0.4) is 0 Å². The van der Waals surface area contributed by atoms with Gasteiger partial charge < -0.3 is 15.1 Å². The van der Waals surface area contributed by atoms with E-state index in [9.17, 15) is 14.0 Å². The molecular formula is C35H46ClF2N3O2. The largest absolute Gasteiger partial charge is 0.351 e. The maximum absolute atomic E-state index is 15.1. The van der Waals surface area contributed by atoms with E-state index in [1.807, 2.05) is 11.8 Å². The molecule has 234 valence electrons. The van der Waals surface area contributed by atoms with Gasteiger partial charge in [-0.15, -0.1) is 0 Å². The van der Waals surface area contributed by atoms with Crippen molar-refractivity contribution in [2.75, 3.05) is 20.1 Å². The Kier molecular flexibility index (Phi) is 8.73. The number of aryl methyl sites for hydroxylation is 1. The second kappa shape index (κ2) is 11.8. The van der Waals surface area contributed by atoms with Gasteiger partial charge in [-0.3, -0.25) is 9.59 Å². The van der Waals surface area contributed by atoms with Gasteiger partial charge in [0.1, 0.15) is 11.6 Å². The van der Waals surface area contributed by atoms with E-state index >= 15 is 4.39 Å². The Labute approximate surface area is 260 Å². The molecule has 1 spiro atoms. The fraction of sp³-hybridized carbons (Fsp3) is 0.600. The Balaban J connectivity index is 1.40. The molecule has 3 aliphatic rings. The zero-order valence-corrected chi connectivity index (χ0v) is 27.3. The van der Waals surface area contributed by atoms with Crippen LogP contribution in [0.25, 0.3) is 0 Å². The first-order valence-electron chi connectivity index (χ1n) is 15.7. The highest BCUT2D eigenvalue weighted by molar-refractivity contribution is 6.31. The fourth-order valence-corrected chi connectivity index (χ4v) is 8.46. The first-order valence-corrected chi connectivity index (χ1v) is 16.1. The van der Waals surface area contributed by atoms with Crippen molar-refractivity contribution in [2.24, 2.45) is 5.92 Å². The van der Waals surface area contributed by atoms with E-state index in [-0.39, 0.29) is 41.0 Å². The van der Waals surface area contributed by atoms with Crippen molar-refractivity contribution < 1.29 is 18.4 Å². The van der Waals surface area contributed by atoms with E-state index in [1.54, 1.807) is 6.92 Å². The molecule has 1 saturated carbocycles. The first kappa shape index (κ1) is 31.9. The number of likely N-dealkylation sites (tertiary alicyclic amines) is 1. The Bertz CT molecular complexity index is 1400. The van der Waals surface area contributed by atoms with Crippen molar-refractivity contribution in [1.29, 1.82) is 0 Å². The highest BCUT2D eigenvalue weighted by Gasteiger charge is 2.52. The summed E-state index contributed by atoms with van der Waals surface area (Å²) in [6, 6.07) is 8.49. The van der Waals surface area contributed by atoms with Crippen LogP contribution in [-0.4, -0.2) is 59.4 Å². The van der Waals surface area contributed by atoms with Gasteiger partial charge in [-0.1, -0.05) is 23.7 Å². The molecule has 5 nitrogen and oxygen atoms in total. The Morgan fingerprint density at radius 3 is 2.37 bits per heavy atom. The predicted molar refractivity (Wildman–Crippen MR) is 167 cm³/mol. The standard InChI is InChI=1S/C35H46ClF2N3O2/c1-20(2)40(7)24-16-26(25-9-8-23(37)15-32(25)38)27(17-24)33(43)41-12-10-35(11-13-41)19-30(34(5,6)39-22(4)42)28-14-21(3)31(36)18-29(28)35/h8-9,14-15,18,20,24,26-27,30H,10-13,16-17,19H2,1-7H3,(H,39,42)/t24-,26+,27-,30+/m1/s1. The molecule has 5 rings (SSSR count). The summed E-state index contributed by atoms with van der Waals surface area (Å²) in [5.41, 5.74) is 3.36. The highest BCUT2D eigenvalue weighted by atomic mass is 35.5. The molecule has 1 N–H and O–H groups in total. The van der Waals surface area contributed by atoms with Gasteiger partial charge in [-0.2, -0.15) is 0 Å². The van der Waals surface area contributed by atoms with Crippen LogP contribution in [0.5, 0.6) is 0 Å². The van der Waals surface area contributed by atoms with Gasteiger partial charge >= 0.3 is 0 Å².